The van der Waals surface area contributed by atoms with Crippen molar-refractivity contribution in [3.8, 4) is 0 Å². The Morgan fingerprint density at radius 3 is 2.71 bits per heavy atom. The summed E-state index contributed by atoms with van der Waals surface area (Å²) in [5.41, 5.74) is 0.263. The Hall–Kier alpha value is -0.630. The van der Waals surface area contributed by atoms with Crippen LogP contribution in [0.15, 0.2) is 27.7 Å². The molecule has 0 aliphatic heterocycles. The third-order valence-corrected chi connectivity index (χ3v) is 2.84. The molecule has 4 heteroatoms. The summed E-state index contributed by atoms with van der Waals surface area (Å²) in [5.74, 6) is 0. The number of hydrogen-bond donors (Lipinski definition) is 0. The highest BCUT2D eigenvalue weighted by atomic mass is 79.9. The maximum absolute atomic E-state index is 10.3. The molecule has 0 aliphatic rings. The van der Waals surface area contributed by atoms with Gasteiger partial charge in [-0.05, 0) is 37.6 Å². The van der Waals surface area contributed by atoms with Crippen LogP contribution in [-0.4, -0.2) is 6.08 Å². The lowest BCUT2D eigenvalue weighted by atomic mass is 9.95. The molecule has 1 rings (SSSR count). The van der Waals surface area contributed by atoms with Gasteiger partial charge in [0.2, 0.25) is 6.08 Å². The second-order valence-corrected chi connectivity index (χ2v) is 4.68. The van der Waals surface area contributed by atoms with Crippen molar-refractivity contribution >= 4 is 33.6 Å². The van der Waals surface area contributed by atoms with Gasteiger partial charge in [0, 0.05) is 9.50 Å². The van der Waals surface area contributed by atoms with Crippen LogP contribution in [0.4, 0.5) is 0 Å². The standard InChI is InChI=1S/C10H9BrClNO/c1-10(2,13-6-14)8-5-7(12)3-4-9(8)11/h3-5H,1-2H3. The first-order valence-corrected chi connectivity index (χ1v) is 5.19. The number of halogens is 2. The van der Waals surface area contributed by atoms with Crippen molar-refractivity contribution in [2.24, 2.45) is 4.99 Å². The first-order chi connectivity index (χ1) is 6.47. The predicted octanol–water partition coefficient (Wildman–Crippen LogP) is 3.67. The largest absolute Gasteiger partial charge is 0.235 e. The lowest BCUT2D eigenvalue weighted by molar-refractivity contribution is 0.521. The van der Waals surface area contributed by atoms with Gasteiger partial charge in [-0.2, -0.15) is 4.99 Å². The lowest BCUT2D eigenvalue weighted by Gasteiger charge is -2.19. The van der Waals surface area contributed by atoms with Crippen LogP contribution < -0.4 is 0 Å². The number of rotatable bonds is 2. The molecule has 0 fully saturated rings. The fourth-order valence-electron chi connectivity index (χ4n) is 1.14. The van der Waals surface area contributed by atoms with E-state index in [-0.39, 0.29) is 0 Å². The van der Waals surface area contributed by atoms with Crippen LogP contribution in [0.3, 0.4) is 0 Å². The van der Waals surface area contributed by atoms with Crippen molar-refractivity contribution in [3.05, 3.63) is 33.3 Å². The fourth-order valence-corrected chi connectivity index (χ4v) is 2.04. The Morgan fingerprint density at radius 1 is 1.50 bits per heavy atom. The minimum absolute atomic E-state index is 0.606. The number of carbonyl (C=O) groups excluding carboxylic acids is 1. The van der Waals surface area contributed by atoms with Gasteiger partial charge in [-0.25, -0.2) is 4.79 Å². The zero-order chi connectivity index (χ0) is 10.8. The van der Waals surface area contributed by atoms with E-state index in [1.807, 2.05) is 19.9 Å². The third kappa shape index (κ3) is 2.44. The molecule has 0 radical (unpaired) electrons. The summed E-state index contributed by atoms with van der Waals surface area (Å²) >= 11 is 9.25. The number of isocyanates is 1. The molecule has 0 heterocycles. The smallest absolute Gasteiger partial charge is 0.211 e. The van der Waals surface area contributed by atoms with E-state index >= 15 is 0 Å². The molecule has 0 aliphatic carbocycles. The van der Waals surface area contributed by atoms with E-state index in [0.717, 1.165) is 10.0 Å². The summed E-state index contributed by atoms with van der Waals surface area (Å²) in [6, 6.07) is 5.39. The number of benzene rings is 1. The zero-order valence-corrected chi connectivity index (χ0v) is 10.2. The average molecular weight is 275 g/mol. The normalized spacial score (nSPS) is 10.9. The van der Waals surface area contributed by atoms with E-state index in [1.54, 1.807) is 18.2 Å². The van der Waals surface area contributed by atoms with Crippen LogP contribution in [-0.2, 0) is 10.3 Å². The molecule has 0 spiro atoms. The van der Waals surface area contributed by atoms with E-state index in [2.05, 4.69) is 20.9 Å². The molecule has 0 unspecified atom stereocenters. The van der Waals surface area contributed by atoms with E-state index in [9.17, 15) is 4.79 Å². The molecule has 0 aromatic heterocycles. The molecule has 0 bridgehead atoms. The van der Waals surface area contributed by atoms with Crippen molar-refractivity contribution in [3.63, 3.8) is 0 Å². The van der Waals surface area contributed by atoms with Crippen molar-refractivity contribution in [2.75, 3.05) is 0 Å². The Kier molecular flexibility index (Phi) is 3.48. The van der Waals surface area contributed by atoms with E-state index in [4.69, 9.17) is 11.6 Å². The Bertz CT molecular complexity index is 397. The molecule has 0 atom stereocenters. The topological polar surface area (TPSA) is 29.4 Å². The van der Waals surface area contributed by atoms with Crippen LogP contribution in [0.2, 0.25) is 5.02 Å². The van der Waals surface area contributed by atoms with Gasteiger partial charge >= 0.3 is 0 Å². The summed E-state index contributed by atoms with van der Waals surface area (Å²) in [6.07, 6.45) is 1.56. The van der Waals surface area contributed by atoms with E-state index in [1.165, 1.54) is 0 Å². The van der Waals surface area contributed by atoms with Crippen LogP contribution in [0, 0.1) is 0 Å². The van der Waals surface area contributed by atoms with Crippen molar-refractivity contribution in [1.82, 2.24) is 0 Å². The molecular weight excluding hydrogens is 265 g/mol. The van der Waals surface area contributed by atoms with Crippen LogP contribution in [0.25, 0.3) is 0 Å². The molecule has 1 aromatic rings. The van der Waals surface area contributed by atoms with Crippen molar-refractivity contribution < 1.29 is 4.79 Å². The predicted molar refractivity (Wildman–Crippen MR) is 60.3 cm³/mol. The van der Waals surface area contributed by atoms with Gasteiger partial charge < -0.3 is 0 Å². The van der Waals surface area contributed by atoms with Gasteiger partial charge in [-0.3, -0.25) is 0 Å². The maximum Gasteiger partial charge on any atom is 0.235 e. The lowest BCUT2D eigenvalue weighted by Crippen LogP contribution is -2.14. The van der Waals surface area contributed by atoms with Gasteiger partial charge in [0.05, 0.1) is 5.54 Å². The summed E-state index contributed by atoms with van der Waals surface area (Å²) in [4.78, 5) is 14.0. The Labute approximate surface area is 96.1 Å². The highest BCUT2D eigenvalue weighted by Crippen LogP contribution is 2.32. The molecule has 0 amide bonds. The maximum atomic E-state index is 10.3. The van der Waals surface area contributed by atoms with Crippen molar-refractivity contribution in [2.45, 2.75) is 19.4 Å². The zero-order valence-electron chi connectivity index (χ0n) is 7.84. The average Bonchev–Trinajstić information content (AvgIpc) is 2.09. The molecule has 0 saturated carbocycles. The minimum Gasteiger partial charge on any atom is -0.211 e. The van der Waals surface area contributed by atoms with Gasteiger partial charge in [0.15, 0.2) is 0 Å². The Balaban J connectivity index is 3.30. The number of hydrogen-bond acceptors (Lipinski definition) is 2. The van der Waals surface area contributed by atoms with Crippen molar-refractivity contribution in [1.29, 1.82) is 0 Å². The SMILES string of the molecule is CC(C)(N=C=O)c1cc(Cl)ccc1Br. The highest BCUT2D eigenvalue weighted by Gasteiger charge is 2.22. The second-order valence-electron chi connectivity index (χ2n) is 3.39. The second kappa shape index (κ2) is 4.26. The summed E-state index contributed by atoms with van der Waals surface area (Å²) < 4.78 is 0.880. The minimum atomic E-state index is -0.606. The van der Waals surface area contributed by atoms with E-state index < -0.39 is 5.54 Å². The quantitative estimate of drug-likeness (QED) is 0.597. The molecule has 74 valence electrons. The van der Waals surface area contributed by atoms with Crippen LogP contribution >= 0.6 is 27.5 Å². The summed E-state index contributed by atoms with van der Waals surface area (Å²) in [6.45, 7) is 3.66. The summed E-state index contributed by atoms with van der Waals surface area (Å²) in [7, 11) is 0. The first kappa shape index (κ1) is 11.4. The molecule has 14 heavy (non-hydrogen) atoms. The highest BCUT2D eigenvalue weighted by molar-refractivity contribution is 9.10. The van der Waals surface area contributed by atoms with Crippen LogP contribution in [0.1, 0.15) is 19.4 Å². The fraction of sp³-hybridized carbons (Fsp3) is 0.300. The van der Waals surface area contributed by atoms with E-state index in [0.29, 0.717) is 5.02 Å². The van der Waals surface area contributed by atoms with Gasteiger partial charge in [0.25, 0.3) is 0 Å². The first-order valence-electron chi connectivity index (χ1n) is 4.02. The molecular formula is C10H9BrClNO. The number of nitrogens with zero attached hydrogens (tertiary/aromatic N) is 1. The summed E-state index contributed by atoms with van der Waals surface area (Å²) in [5, 5.41) is 0.623. The Morgan fingerprint density at radius 2 is 2.14 bits per heavy atom. The molecule has 0 saturated heterocycles. The molecule has 1 aromatic carbocycles. The molecule has 0 N–H and O–H groups in total. The van der Waals surface area contributed by atoms with Gasteiger partial charge in [-0.1, -0.05) is 27.5 Å². The monoisotopic (exact) mass is 273 g/mol. The van der Waals surface area contributed by atoms with Crippen LogP contribution in [0.5, 0.6) is 0 Å². The third-order valence-electron chi connectivity index (χ3n) is 1.91. The molecule has 2 nitrogen and oxygen atoms in total. The number of aliphatic imine (C=N–C) groups is 1. The van der Waals surface area contributed by atoms with Gasteiger partial charge in [-0.15, -0.1) is 0 Å². The van der Waals surface area contributed by atoms with Gasteiger partial charge in [0.1, 0.15) is 0 Å².